The highest BCUT2D eigenvalue weighted by Crippen LogP contribution is 2.42. The van der Waals surface area contributed by atoms with Crippen LogP contribution < -0.4 is 4.74 Å². The molecular formula is C21H26O5. The topological polar surface area (TPSA) is 61.8 Å². The van der Waals surface area contributed by atoms with Crippen LogP contribution in [0, 0.1) is 5.92 Å². The molecule has 0 saturated carbocycles. The number of allylic oxidation sites excluding steroid dienone is 4. The number of esters is 2. The van der Waals surface area contributed by atoms with Gasteiger partial charge in [-0.1, -0.05) is 37.6 Å². The summed E-state index contributed by atoms with van der Waals surface area (Å²) in [5.41, 5.74) is 1.91. The largest absolute Gasteiger partial charge is 0.497 e. The summed E-state index contributed by atoms with van der Waals surface area (Å²) in [5.74, 6) is 0.625. The summed E-state index contributed by atoms with van der Waals surface area (Å²) in [6.07, 6.45) is 4.50. The Hall–Kier alpha value is -2.56. The average Bonchev–Trinajstić information content (AvgIpc) is 2.61. The molecule has 26 heavy (non-hydrogen) atoms. The summed E-state index contributed by atoms with van der Waals surface area (Å²) in [5, 5.41) is 0. The molecule has 0 amide bonds. The lowest BCUT2D eigenvalue weighted by Gasteiger charge is -2.36. The number of methoxy groups -OCH3 is 2. The predicted molar refractivity (Wildman–Crippen MR) is 98.7 cm³/mol. The lowest BCUT2D eigenvalue weighted by Crippen LogP contribution is -2.29. The highest BCUT2D eigenvalue weighted by molar-refractivity contribution is 5.71. The van der Waals surface area contributed by atoms with Crippen molar-refractivity contribution in [1.82, 2.24) is 0 Å². The molecule has 1 unspecified atom stereocenters. The maximum Gasteiger partial charge on any atom is 0.307 e. The Bertz CT molecular complexity index is 725. The summed E-state index contributed by atoms with van der Waals surface area (Å²) in [7, 11) is 3.02. The van der Waals surface area contributed by atoms with E-state index in [1.165, 1.54) is 14.0 Å². The summed E-state index contributed by atoms with van der Waals surface area (Å²) in [6.45, 7) is 5.61. The third-order valence-electron chi connectivity index (χ3n) is 4.79. The van der Waals surface area contributed by atoms with Crippen molar-refractivity contribution in [2.45, 2.75) is 39.0 Å². The molecule has 5 heteroatoms. The minimum atomic E-state index is -0.362. The molecule has 0 bridgehead atoms. The molecule has 140 valence electrons. The van der Waals surface area contributed by atoms with Crippen molar-refractivity contribution >= 4 is 11.9 Å². The van der Waals surface area contributed by atoms with E-state index in [0.717, 1.165) is 16.9 Å². The first-order chi connectivity index (χ1) is 12.3. The van der Waals surface area contributed by atoms with Crippen LogP contribution in [0.15, 0.2) is 47.7 Å². The highest BCUT2D eigenvalue weighted by atomic mass is 16.5. The van der Waals surface area contributed by atoms with Gasteiger partial charge in [0.25, 0.3) is 0 Å². The van der Waals surface area contributed by atoms with Crippen molar-refractivity contribution in [3.8, 4) is 5.75 Å². The van der Waals surface area contributed by atoms with Crippen molar-refractivity contribution in [3.63, 3.8) is 0 Å². The Kier molecular flexibility index (Phi) is 6.24. The molecule has 0 radical (unpaired) electrons. The van der Waals surface area contributed by atoms with E-state index in [2.05, 4.69) is 13.8 Å². The fourth-order valence-electron chi connectivity index (χ4n) is 3.36. The maximum absolute atomic E-state index is 11.9. The predicted octanol–water partition coefficient (Wildman–Crippen LogP) is 3.93. The van der Waals surface area contributed by atoms with E-state index in [-0.39, 0.29) is 29.7 Å². The van der Waals surface area contributed by atoms with Gasteiger partial charge in [-0.2, -0.15) is 0 Å². The monoisotopic (exact) mass is 358 g/mol. The van der Waals surface area contributed by atoms with Crippen LogP contribution in [0.3, 0.4) is 0 Å². The van der Waals surface area contributed by atoms with Crippen molar-refractivity contribution in [1.29, 1.82) is 0 Å². The Morgan fingerprint density at radius 3 is 2.31 bits per heavy atom. The van der Waals surface area contributed by atoms with Crippen molar-refractivity contribution in [3.05, 3.63) is 53.3 Å². The first kappa shape index (κ1) is 19.8. The number of hydrogen-bond donors (Lipinski definition) is 0. The zero-order chi connectivity index (χ0) is 19.3. The van der Waals surface area contributed by atoms with Crippen molar-refractivity contribution in [2.24, 2.45) is 5.92 Å². The molecule has 1 aromatic rings. The van der Waals surface area contributed by atoms with E-state index in [1.807, 2.05) is 36.4 Å². The van der Waals surface area contributed by atoms with Crippen LogP contribution in [0.25, 0.3) is 0 Å². The van der Waals surface area contributed by atoms with Crippen LogP contribution in [0.5, 0.6) is 5.75 Å². The first-order valence-corrected chi connectivity index (χ1v) is 8.59. The van der Waals surface area contributed by atoms with E-state index in [4.69, 9.17) is 14.2 Å². The smallest absolute Gasteiger partial charge is 0.307 e. The minimum absolute atomic E-state index is 0.0982. The molecule has 2 rings (SSSR count). The van der Waals surface area contributed by atoms with E-state index in [1.54, 1.807) is 7.11 Å². The molecule has 0 heterocycles. The quantitative estimate of drug-likeness (QED) is 0.721. The Morgan fingerprint density at radius 2 is 1.77 bits per heavy atom. The second-order valence-corrected chi connectivity index (χ2v) is 6.88. The number of carbonyl (C=O) groups is 2. The molecule has 1 aliphatic rings. The lowest BCUT2D eigenvalue weighted by molar-refractivity contribution is -0.141. The van der Waals surface area contributed by atoms with E-state index < -0.39 is 0 Å². The van der Waals surface area contributed by atoms with Gasteiger partial charge in [0.15, 0.2) is 0 Å². The molecule has 0 saturated heterocycles. The van der Waals surface area contributed by atoms with Gasteiger partial charge in [0, 0.05) is 18.8 Å². The van der Waals surface area contributed by atoms with Crippen LogP contribution in [0.1, 0.15) is 39.2 Å². The van der Waals surface area contributed by atoms with Gasteiger partial charge in [-0.25, -0.2) is 0 Å². The van der Waals surface area contributed by atoms with Crippen LogP contribution in [-0.4, -0.2) is 26.2 Å². The third-order valence-corrected chi connectivity index (χ3v) is 4.79. The van der Waals surface area contributed by atoms with E-state index in [9.17, 15) is 9.59 Å². The second kappa shape index (κ2) is 8.21. The Labute approximate surface area is 154 Å². The molecule has 0 fully saturated rings. The molecule has 0 aliphatic heterocycles. The number of carbonyl (C=O) groups excluding carboxylic acids is 2. The van der Waals surface area contributed by atoms with E-state index >= 15 is 0 Å². The second-order valence-electron chi connectivity index (χ2n) is 6.88. The molecule has 0 spiro atoms. The SMILES string of the molecule is COC(=O)CC1CC(OC(C)=O)=CC=C1C(C)(C)c1ccc(OC)cc1. The standard InChI is InChI=1S/C21H26O5/c1-14(22)26-18-10-11-19(15(12-18)13-20(23)25-5)21(2,3)16-6-8-17(24-4)9-7-16/h6-11,15H,12-13H2,1-5H3. The first-order valence-electron chi connectivity index (χ1n) is 8.59. The maximum atomic E-state index is 11.9. The van der Waals surface area contributed by atoms with Gasteiger partial charge in [-0.05, 0) is 29.7 Å². The molecule has 1 aromatic carbocycles. The summed E-state index contributed by atoms with van der Waals surface area (Å²) < 4.78 is 15.3. The van der Waals surface area contributed by atoms with Gasteiger partial charge in [0.1, 0.15) is 11.5 Å². The minimum Gasteiger partial charge on any atom is -0.497 e. The zero-order valence-corrected chi connectivity index (χ0v) is 16.0. The number of ether oxygens (including phenoxy) is 3. The normalized spacial score (nSPS) is 17.0. The van der Waals surface area contributed by atoms with Crippen LogP contribution in [-0.2, 0) is 24.5 Å². The van der Waals surface area contributed by atoms with E-state index in [0.29, 0.717) is 12.2 Å². The Balaban J connectivity index is 2.38. The highest BCUT2D eigenvalue weighted by Gasteiger charge is 2.34. The van der Waals surface area contributed by atoms with Gasteiger partial charge >= 0.3 is 11.9 Å². The Morgan fingerprint density at radius 1 is 1.12 bits per heavy atom. The average molecular weight is 358 g/mol. The van der Waals surface area contributed by atoms with Gasteiger partial charge in [-0.15, -0.1) is 0 Å². The van der Waals surface area contributed by atoms with Gasteiger partial charge < -0.3 is 14.2 Å². The van der Waals surface area contributed by atoms with Crippen LogP contribution in [0.2, 0.25) is 0 Å². The molecule has 0 aromatic heterocycles. The summed E-state index contributed by atoms with van der Waals surface area (Å²) in [6, 6.07) is 7.91. The van der Waals surface area contributed by atoms with Crippen LogP contribution >= 0.6 is 0 Å². The van der Waals surface area contributed by atoms with Crippen molar-refractivity contribution < 1.29 is 23.8 Å². The summed E-state index contributed by atoms with van der Waals surface area (Å²) >= 11 is 0. The fraction of sp³-hybridized carbons (Fsp3) is 0.429. The van der Waals surface area contributed by atoms with Gasteiger partial charge in [0.2, 0.25) is 0 Å². The lowest BCUT2D eigenvalue weighted by atomic mass is 9.69. The molecule has 5 nitrogen and oxygen atoms in total. The van der Waals surface area contributed by atoms with Gasteiger partial charge in [0.05, 0.1) is 20.6 Å². The van der Waals surface area contributed by atoms with Gasteiger partial charge in [-0.3, -0.25) is 9.59 Å². The summed E-state index contributed by atoms with van der Waals surface area (Å²) in [4.78, 5) is 23.2. The zero-order valence-electron chi connectivity index (χ0n) is 16.0. The molecule has 1 atom stereocenters. The van der Waals surface area contributed by atoms with Crippen molar-refractivity contribution in [2.75, 3.05) is 14.2 Å². The number of hydrogen-bond acceptors (Lipinski definition) is 5. The van der Waals surface area contributed by atoms with Crippen LogP contribution in [0.4, 0.5) is 0 Å². The molecule has 1 aliphatic carbocycles. The fourth-order valence-corrected chi connectivity index (χ4v) is 3.36. The number of rotatable bonds is 6. The third kappa shape index (κ3) is 4.54. The number of benzene rings is 1. The molecular weight excluding hydrogens is 332 g/mol. The molecule has 0 N–H and O–H groups in total.